The van der Waals surface area contributed by atoms with Gasteiger partial charge in [0.25, 0.3) is 0 Å². The van der Waals surface area contributed by atoms with E-state index in [9.17, 15) is 13.2 Å². The van der Waals surface area contributed by atoms with Gasteiger partial charge in [-0.3, -0.25) is 0 Å². The molecule has 0 bridgehead atoms. The molecule has 0 saturated heterocycles. The molecule has 20 heavy (non-hydrogen) atoms. The van der Waals surface area contributed by atoms with E-state index in [4.69, 9.17) is 18.0 Å². The number of rotatable bonds is 2. The van der Waals surface area contributed by atoms with E-state index in [2.05, 4.69) is 10.7 Å². The van der Waals surface area contributed by atoms with Crippen molar-refractivity contribution in [2.45, 2.75) is 6.36 Å². The summed E-state index contributed by atoms with van der Waals surface area (Å²) in [5.74, 6) is 1.95. The molecule has 2 aromatic rings. The highest BCUT2D eigenvalue weighted by Crippen LogP contribution is 2.30. The van der Waals surface area contributed by atoms with Gasteiger partial charge in [-0.05, 0) is 41.5 Å². The van der Waals surface area contributed by atoms with Crippen LogP contribution < -0.4 is 4.74 Å². The van der Waals surface area contributed by atoms with Crippen molar-refractivity contribution in [3.05, 3.63) is 53.1 Å². The highest BCUT2D eigenvalue weighted by atomic mass is 35.5. The van der Waals surface area contributed by atoms with Crippen molar-refractivity contribution in [1.29, 1.82) is 0 Å². The summed E-state index contributed by atoms with van der Waals surface area (Å²) in [6, 6.07) is 10.7. The Labute approximate surface area is 118 Å². The van der Waals surface area contributed by atoms with Gasteiger partial charge in [-0.15, -0.1) is 19.6 Å². The molecule has 0 aromatic heterocycles. The lowest BCUT2D eigenvalue weighted by atomic mass is 10.0. The van der Waals surface area contributed by atoms with E-state index in [-0.39, 0.29) is 5.75 Å². The van der Waals surface area contributed by atoms with Crippen LogP contribution in [-0.4, -0.2) is 6.36 Å². The fraction of sp³-hybridized carbons (Fsp3) is 0.0667. The van der Waals surface area contributed by atoms with Crippen LogP contribution >= 0.6 is 11.6 Å². The van der Waals surface area contributed by atoms with E-state index in [0.717, 1.165) is 6.07 Å². The Morgan fingerprint density at radius 1 is 1.00 bits per heavy atom. The molecule has 0 spiro atoms. The fourth-order valence-electron chi connectivity index (χ4n) is 1.68. The van der Waals surface area contributed by atoms with Gasteiger partial charge in [0.1, 0.15) is 5.75 Å². The van der Waals surface area contributed by atoms with E-state index in [0.29, 0.717) is 21.7 Å². The van der Waals surface area contributed by atoms with Crippen LogP contribution in [0.3, 0.4) is 0 Å². The van der Waals surface area contributed by atoms with Crippen LogP contribution in [0.4, 0.5) is 13.2 Å². The van der Waals surface area contributed by atoms with Crippen LogP contribution in [0.1, 0.15) is 5.56 Å². The Hall–Kier alpha value is -2.12. The zero-order valence-corrected chi connectivity index (χ0v) is 10.8. The van der Waals surface area contributed by atoms with Crippen LogP contribution in [0.5, 0.6) is 5.75 Å². The summed E-state index contributed by atoms with van der Waals surface area (Å²) in [7, 11) is 0. The Bertz CT molecular complexity index is 654. The molecular formula is C15H8ClF3O. The molecule has 102 valence electrons. The normalized spacial score (nSPS) is 10.9. The Morgan fingerprint density at radius 3 is 2.20 bits per heavy atom. The highest BCUT2D eigenvalue weighted by Gasteiger charge is 2.31. The number of hydrogen-bond donors (Lipinski definition) is 0. The molecule has 0 saturated carbocycles. The summed E-state index contributed by atoms with van der Waals surface area (Å²) >= 11 is 5.77. The maximum Gasteiger partial charge on any atom is 0.573 e. The Balaban J connectivity index is 2.46. The van der Waals surface area contributed by atoms with Crippen LogP contribution in [-0.2, 0) is 0 Å². The van der Waals surface area contributed by atoms with Crippen molar-refractivity contribution in [2.75, 3.05) is 0 Å². The third kappa shape index (κ3) is 3.69. The maximum atomic E-state index is 12.3. The second kappa shape index (κ2) is 5.48. The molecule has 0 unspecified atom stereocenters. The number of ether oxygens (including phenoxy) is 1. The smallest absolute Gasteiger partial charge is 0.406 e. The first-order chi connectivity index (χ1) is 9.37. The van der Waals surface area contributed by atoms with Crippen molar-refractivity contribution in [3.8, 4) is 29.2 Å². The standard InChI is InChI=1S/C15H8ClF3O/c1-2-10-7-12(11-3-5-13(16)6-4-11)9-14(8-10)20-15(17,18)19/h1,3-9H. The van der Waals surface area contributed by atoms with E-state index in [1.54, 1.807) is 30.3 Å². The monoisotopic (exact) mass is 296 g/mol. The second-order valence-electron chi connectivity index (χ2n) is 3.95. The predicted molar refractivity (Wildman–Crippen MR) is 71.5 cm³/mol. The van der Waals surface area contributed by atoms with Gasteiger partial charge in [-0.25, -0.2) is 0 Å². The van der Waals surface area contributed by atoms with E-state index < -0.39 is 6.36 Å². The van der Waals surface area contributed by atoms with Gasteiger partial charge in [0.15, 0.2) is 0 Å². The molecule has 0 aliphatic heterocycles. The van der Waals surface area contributed by atoms with E-state index >= 15 is 0 Å². The average molecular weight is 297 g/mol. The number of terminal acetylenes is 1. The van der Waals surface area contributed by atoms with Crippen molar-refractivity contribution in [1.82, 2.24) is 0 Å². The van der Waals surface area contributed by atoms with Crippen molar-refractivity contribution < 1.29 is 17.9 Å². The third-order valence-corrected chi connectivity index (χ3v) is 2.74. The lowest BCUT2D eigenvalue weighted by molar-refractivity contribution is -0.274. The van der Waals surface area contributed by atoms with Crippen molar-refractivity contribution >= 4 is 11.6 Å². The van der Waals surface area contributed by atoms with Crippen LogP contribution in [0.15, 0.2) is 42.5 Å². The lowest BCUT2D eigenvalue weighted by Gasteiger charge is -2.11. The first-order valence-corrected chi connectivity index (χ1v) is 5.88. The zero-order valence-electron chi connectivity index (χ0n) is 10.0. The van der Waals surface area contributed by atoms with Crippen molar-refractivity contribution in [3.63, 3.8) is 0 Å². The molecule has 0 heterocycles. The topological polar surface area (TPSA) is 9.23 Å². The fourth-order valence-corrected chi connectivity index (χ4v) is 1.81. The molecule has 2 aromatic carbocycles. The summed E-state index contributed by atoms with van der Waals surface area (Å²) < 4.78 is 40.7. The average Bonchev–Trinajstić information content (AvgIpc) is 2.37. The minimum absolute atomic E-state index is 0.303. The quantitative estimate of drug-likeness (QED) is 0.717. The van der Waals surface area contributed by atoms with Gasteiger partial charge in [0, 0.05) is 10.6 Å². The van der Waals surface area contributed by atoms with Crippen LogP contribution in [0.25, 0.3) is 11.1 Å². The molecule has 0 radical (unpaired) electrons. The van der Waals surface area contributed by atoms with Gasteiger partial charge in [0.05, 0.1) is 0 Å². The third-order valence-electron chi connectivity index (χ3n) is 2.48. The van der Waals surface area contributed by atoms with Crippen LogP contribution in [0.2, 0.25) is 5.02 Å². The number of alkyl halides is 3. The largest absolute Gasteiger partial charge is 0.573 e. The first-order valence-electron chi connectivity index (χ1n) is 5.51. The predicted octanol–water partition coefficient (Wildman–Crippen LogP) is 4.89. The molecule has 0 atom stereocenters. The SMILES string of the molecule is C#Cc1cc(OC(F)(F)F)cc(-c2ccc(Cl)cc2)c1. The highest BCUT2D eigenvalue weighted by molar-refractivity contribution is 6.30. The zero-order chi connectivity index (χ0) is 14.8. The molecule has 5 heteroatoms. The molecule has 0 amide bonds. The molecule has 0 N–H and O–H groups in total. The lowest BCUT2D eigenvalue weighted by Crippen LogP contribution is -2.17. The van der Waals surface area contributed by atoms with Gasteiger partial charge in [0.2, 0.25) is 0 Å². The summed E-state index contributed by atoms with van der Waals surface area (Å²) in [5, 5.41) is 0.536. The molecule has 2 rings (SSSR count). The summed E-state index contributed by atoms with van der Waals surface area (Å²) in [6.45, 7) is 0. The summed E-state index contributed by atoms with van der Waals surface area (Å²) in [4.78, 5) is 0. The van der Waals surface area contributed by atoms with Crippen LogP contribution in [0, 0.1) is 12.3 Å². The molecule has 1 nitrogen and oxygen atoms in total. The maximum absolute atomic E-state index is 12.3. The van der Waals surface area contributed by atoms with E-state index in [1.165, 1.54) is 6.07 Å². The van der Waals surface area contributed by atoms with Crippen molar-refractivity contribution in [2.24, 2.45) is 0 Å². The minimum Gasteiger partial charge on any atom is -0.406 e. The second-order valence-corrected chi connectivity index (χ2v) is 4.38. The summed E-state index contributed by atoms with van der Waals surface area (Å²) in [5.41, 5.74) is 1.52. The molecule has 0 aliphatic carbocycles. The first kappa shape index (κ1) is 14.3. The minimum atomic E-state index is -4.76. The molecule has 0 fully saturated rings. The Morgan fingerprint density at radius 2 is 1.65 bits per heavy atom. The van der Waals surface area contributed by atoms with E-state index in [1.807, 2.05) is 0 Å². The van der Waals surface area contributed by atoms with Gasteiger partial charge in [-0.2, -0.15) is 0 Å². The number of halogens is 4. The van der Waals surface area contributed by atoms with Gasteiger partial charge < -0.3 is 4.74 Å². The number of hydrogen-bond acceptors (Lipinski definition) is 1. The number of benzene rings is 2. The Kier molecular flexibility index (Phi) is 3.91. The van der Waals surface area contributed by atoms with Gasteiger partial charge in [-0.1, -0.05) is 29.7 Å². The molecule has 0 aliphatic rings. The molecular weight excluding hydrogens is 289 g/mol. The summed E-state index contributed by atoms with van der Waals surface area (Å²) in [6.07, 6.45) is 0.486. The van der Waals surface area contributed by atoms with Gasteiger partial charge >= 0.3 is 6.36 Å².